The van der Waals surface area contributed by atoms with Gasteiger partial charge in [0.2, 0.25) is 0 Å². The first-order chi connectivity index (χ1) is 7.97. The van der Waals surface area contributed by atoms with Crippen LogP contribution in [-0.4, -0.2) is 18.1 Å². The largest absolute Gasteiger partial charge is 0.416 e. The molecule has 0 heterocycles. The van der Waals surface area contributed by atoms with Crippen molar-refractivity contribution < 1.29 is 13.2 Å². The molecule has 0 saturated carbocycles. The third-order valence-corrected chi connectivity index (χ3v) is 3.18. The van der Waals surface area contributed by atoms with Crippen molar-refractivity contribution in [1.29, 1.82) is 0 Å². The van der Waals surface area contributed by atoms with Crippen LogP contribution in [0.2, 0.25) is 0 Å². The Hall–Kier alpha value is -0.840. The molecule has 0 aromatic heterocycles. The topological polar surface area (TPSA) is 12.0 Å². The molecular weight excluding hydrogens is 247 g/mol. The number of alkyl halides is 3. The van der Waals surface area contributed by atoms with E-state index in [4.69, 9.17) is 0 Å². The van der Waals surface area contributed by atoms with Gasteiger partial charge in [-0.25, -0.2) is 0 Å². The van der Waals surface area contributed by atoms with E-state index in [0.717, 1.165) is 30.0 Å². The van der Waals surface area contributed by atoms with Gasteiger partial charge in [0.05, 0.1) is 5.56 Å². The summed E-state index contributed by atoms with van der Waals surface area (Å²) in [7, 11) is 0. The van der Waals surface area contributed by atoms with E-state index in [1.807, 2.05) is 6.26 Å². The van der Waals surface area contributed by atoms with Gasteiger partial charge in [-0.1, -0.05) is 6.92 Å². The van der Waals surface area contributed by atoms with Crippen LogP contribution in [0.4, 0.5) is 18.9 Å². The highest BCUT2D eigenvalue weighted by atomic mass is 32.2. The van der Waals surface area contributed by atoms with E-state index in [9.17, 15) is 13.2 Å². The van der Waals surface area contributed by atoms with Crippen molar-refractivity contribution >= 4 is 17.4 Å². The summed E-state index contributed by atoms with van der Waals surface area (Å²) in [5.41, 5.74) is 0.125. The third kappa shape index (κ3) is 4.50. The first-order valence-corrected chi connectivity index (χ1v) is 6.79. The monoisotopic (exact) mass is 263 g/mol. The van der Waals surface area contributed by atoms with Gasteiger partial charge in [0.25, 0.3) is 0 Å². The predicted octanol–water partition coefficient (Wildman–Crippen LogP) is 4.26. The second-order valence-corrected chi connectivity index (χ2v) is 4.69. The Labute approximate surface area is 104 Å². The average Bonchev–Trinajstić information content (AvgIpc) is 2.28. The minimum atomic E-state index is -4.26. The highest BCUT2D eigenvalue weighted by Gasteiger charge is 2.29. The standard InChI is InChI=1S/C12H16F3NS/c1-3-10(8-17-2)16-11-6-4-9(5-7-11)12(13,14)15/h4-7,10,16H,3,8H2,1-2H3. The molecule has 0 aliphatic heterocycles. The Morgan fingerprint density at radius 1 is 1.24 bits per heavy atom. The van der Waals surface area contributed by atoms with E-state index in [-0.39, 0.29) is 0 Å². The summed E-state index contributed by atoms with van der Waals surface area (Å²) in [6, 6.07) is 5.46. The van der Waals surface area contributed by atoms with Crippen LogP contribution in [0.25, 0.3) is 0 Å². The molecule has 1 aromatic carbocycles. The zero-order chi connectivity index (χ0) is 12.9. The van der Waals surface area contributed by atoms with Crippen molar-refractivity contribution in [2.45, 2.75) is 25.6 Å². The lowest BCUT2D eigenvalue weighted by Crippen LogP contribution is -2.21. The Kier molecular flexibility index (Phi) is 5.18. The second-order valence-electron chi connectivity index (χ2n) is 3.78. The molecule has 1 atom stereocenters. The molecule has 1 unspecified atom stereocenters. The molecule has 96 valence electrons. The van der Waals surface area contributed by atoms with Gasteiger partial charge >= 0.3 is 6.18 Å². The molecule has 0 spiro atoms. The zero-order valence-corrected chi connectivity index (χ0v) is 10.7. The van der Waals surface area contributed by atoms with Gasteiger partial charge < -0.3 is 5.32 Å². The molecule has 0 fully saturated rings. The molecule has 0 aliphatic rings. The number of hydrogen-bond acceptors (Lipinski definition) is 2. The summed E-state index contributed by atoms with van der Waals surface area (Å²) < 4.78 is 37.0. The Morgan fingerprint density at radius 3 is 2.24 bits per heavy atom. The zero-order valence-electron chi connectivity index (χ0n) is 9.84. The minimum Gasteiger partial charge on any atom is -0.381 e. The van der Waals surface area contributed by atoms with Gasteiger partial charge in [-0.2, -0.15) is 24.9 Å². The van der Waals surface area contributed by atoms with Crippen molar-refractivity contribution in [3.8, 4) is 0 Å². The fourth-order valence-electron chi connectivity index (χ4n) is 1.45. The average molecular weight is 263 g/mol. The van der Waals surface area contributed by atoms with E-state index in [1.165, 1.54) is 12.1 Å². The number of hydrogen-bond donors (Lipinski definition) is 1. The van der Waals surface area contributed by atoms with Crippen molar-refractivity contribution in [2.24, 2.45) is 0 Å². The molecule has 1 N–H and O–H groups in total. The summed E-state index contributed by atoms with van der Waals surface area (Å²) in [5.74, 6) is 0.942. The van der Waals surface area contributed by atoms with Gasteiger partial charge in [0, 0.05) is 17.5 Å². The molecule has 1 nitrogen and oxygen atoms in total. The normalized spacial score (nSPS) is 13.5. The summed E-state index contributed by atoms with van der Waals surface area (Å²) >= 11 is 1.72. The summed E-state index contributed by atoms with van der Waals surface area (Å²) in [6.45, 7) is 2.05. The van der Waals surface area contributed by atoms with Gasteiger partial charge in [-0.3, -0.25) is 0 Å². The van der Waals surface area contributed by atoms with E-state index in [0.29, 0.717) is 6.04 Å². The maximum Gasteiger partial charge on any atom is 0.416 e. The molecule has 0 saturated heterocycles. The van der Waals surface area contributed by atoms with Crippen LogP contribution < -0.4 is 5.32 Å². The molecule has 0 radical (unpaired) electrons. The SMILES string of the molecule is CCC(CSC)Nc1ccc(C(F)(F)F)cc1. The molecule has 0 aliphatic carbocycles. The summed E-state index contributed by atoms with van der Waals surface area (Å²) in [5, 5.41) is 3.22. The van der Waals surface area contributed by atoms with Crippen molar-refractivity contribution in [3.05, 3.63) is 29.8 Å². The molecule has 5 heteroatoms. The summed E-state index contributed by atoms with van der Waals surface area (Å²) in [6.07, 6.45) is -1.30. The Bertz CT molecular complexity index is 335. The van der Waals surface area contributed by atoms with Crippen LogP contribution in [0, 0.1) is 0 Å². The quantitative estimate of drug-likeness (QED) is 0.852. The van der Waals surface area contributed by atoms with Crippen LogP contribution in [-0.2, 0) is 6.18 Å². The van der Waals surface area contributed by atoms with Gasteiger partial charge in [0.1, 0.15) is 0 Å². The lowest BCUT2D eigenvalue weighted by atomic mass is 10.2. The van der Waals surface area contributed by atoms with E-state index < -0.39 is 11.7 Å². The molecule has 1 rings (SSSR count). The van der Waals surface area contributed by atoms with Crippen molar-refractivity contribution in [2.75, 3.05) is 17.3 Å². The van der Waals surface area contributed by atoms with Crippen molar-refractivity contribution in [1.82, 2.24) is 0 Å². The molecule has 0 bridgehead atoms. The smallest absolute Gasteiger partial charge is 0.381 e. The number of halogens is 3. The van der Waals surface area contributed by atoms with Gasteiger partial charge in [-0.05, 0) is 36.9 Å². The molecule has 1 aromatic rings. The molecule has 17 heavy (non-hydrogen) atoms. The highest BCUT2D eigenvalue weighted by molar-refractivity contribution is 7.98. The fraction of sp³-hybridized carbons (Fsp3) is 0.500. The van der Waals surface area contributed by atoms with Crippen molar-refractivity contribution in [3.63, 3.8) is 0 Å². The number of thioether (sulfide) groups is 1. The fourth-order valence-corrected chi connectivity index (χ4v) is 2.18. The van der Waals surface area contributed by atoms with Gasteiger partial charge in [-0.15, -0.1) is 0 Å². The first-order valence-electron chi connectivity index (χ1n) is 5.40. The van der Waals surface area contributed by atoms with E-state index in [2.05, 4.69) is 12.2 Å². The van der Waals surface area contributed by atoms with Crippen LogP contribution in [0.5, 0.6) is 0 Å². The Morgan fingerprint density at radius 2 is 1.82 bits per heavy atom. The third-order valence-electron chi connectivity index (χ3n) is 2.44. The van der Waals surface area contributed by atoms with Crippen LogP contribution >= 0.6 is 11.8 Å². The molecular formula is C12H16F3NS. The highest BCUT2D eigenvalue weighted by Crippen LogP contribution is 2.30. The number of nitrogens with one attached hydrogen (secondary N) is 1. The lowest BCUT2D eigenvalue weighted by molar-refractivity contribution is -0.137. The molecule has 0 amide bonds. The van der Waals surface area contributed by atoms with Crippen LogP contribution in [0.1, 0.15) is 18.9 Å². The van der Waals surface area contributed by atoms with E-state index in [1.54, 1.807) is 11.8 Å². The predicted molar refractivity (Wildman–Crippen MR) is 67.5 cm³/mol. The maximum absolute atomic E-state index is 12.3. The maximum atomic E-state index is 12.3. The second kappa shape index (κ2) is 6.19. The number of benzene rings is 1. The lowest BCUT2D eigenvalue weighted by Gasteiger charge is -2.17. The number of anilines is 1. The van der Waals surface area contributed by atoms with Gasteiger partial charge in [0.15, 0.2) is 0 Å². The van der Waals surface area contributed by atoms with Crippen LogP contribution in [0.3, 0.4) is 0 Å². The first kappa shape index (κ1) is 14.2. The minimum absolute atomic E-state index is 0.293. The van der Waals surface area contributed by atoms with Crippen LogP contribution in [0.15, 0.2) is 24.3 Å². The summed E-state index contributed by atoms with van der Waals surface area (Å²) in [4.78, 5) is 0. The number of rotatable bonds is 5. The Balaban J connectivity index is 2.68. The van der Waals surface area contributed by atoms with E-state index >= 15 is 0 Å².